The fourth-order valence-corrected chi connectivity index (χ4v) is 2.68. The maximum Gasteiger partial charge on any atom is 0.416 e. The first-order valence-electron chi connectivity index (χ1n) is 6.01. The summed E-state index contributed by atoms with van der Waals surface area (Å²) in [6.45, 7) is 1.91. The van der Waals surface area contributed by atoms with Crippen molar-refractivity contribution in [3.63, 3.8) is 0 Å². The van der Waals surface area contributed by atoms with E-state index in [0.29, 0.717) is 17.0 Å². The van der Waals surface area contributed by atoms with Gasteiger partial charge in [-0.05, 0) is 42.3 Å². The summed E-state index contributed by atoms with van der Waals surface area (Å²) in [4.78, 5) is 0.995. The van der Waals surface area contributed by atoms with Crippen molar-refractivity contribution in [3.8, 4) is 0 Å². The molecule has 106 valence electrons. The van der Waals surface area contributed by atoms with Crippen LogP contribution in [0.2, 0.25) is 0 Å². The Hall–Kier alpha value is -1.62. The molecule has 0 saturated heterocycles. The lowest BCUT2D eigenvalue weighted by molar-refractivity contribution is -0.137. The molecule has 0 fully saturated rings. The van der Waals surface area contributed by atoms with Crippen molar-refractivity contribution >= 4 is 17.4 Å². The zero-order valence-corrected chi connectivity index (χ0v) is 11.7. The van der Waals surface area contributed by atoms with Crippen LogP contribution in [-0.2, 0) is 11.9 Å². The molecular formula is C15H14F3NS. The molecule has 0 bridgehead atoms. The van der Waals surface area contributed by atoms with Gasteiger partial charge in [0.15, 0.2) is 0 Å². The largest absolute Gasteiger partial charge is 0.416 e. The van der Waals surface area contributed by atoms with Gasteiger partial charge in [-0.15, -0.1) is 11.8 Å². The van der Waals surface area contributed by atoms with Crippen LogP contribution in [-0.4, -0.2) is 0 Å². The smallest absolute Gasteiger partial charge is 0.399 e. The van der Waals surface area contributed by atoms with Crippen LogP contribution in [0.4, 0.5) is 18.9 Å². The van der Waals surface area contributed by atoms with E-state index in [1.807, 2.05) is 25.1 Å². The van der Waals surface area contributed by atoms with Gasteiger partial charge in [0.05, 0.1) is 5.56 Å². The molecule has 2 aromatic carbocycles. The highest BCUT2D eigenvalue weighted by molar-refractivity contribution is 7.98. The number of rotatable bonds is 3. The Kier molecular flexibility index (Phi) is 4.28. The molecule has 0 aliphatic carbocycles. The number of alkyl halides is 3. The Morgan fingerprint density at radius 2 is 1.85 bits per heavy atom. The fraction of sp³-hybridized carbons (Fsp3) is 0.200. The summed E-state index contributed by atoms with van der Waals surface area (Å²) in [7, 11) is 0. The molecule has 1 nitrogen and oxygen atoms in total. The van der Waals surface area contributed by atoms with E-state index in [-0.39, 0.29) is 0 Å². The van der Waals surface area contributed by atoms with Gasteiger partial charge in [0.2, 0.25) is 0 Å². The molecule has 0 amide bonds. The van der Waals surface area contributed by atoms with Crippen molar-refractivity contribution in [3.05, 3.63) is 59.2 Å². The van der Waals surface area contributed by atoms with E-state index in [1.165, 1.54) is 23.9 Å². The van der Waals surface area contributed by atoms with Crippen LogP contribution in [0.3, 0.4) is 0 Å². The fourth-order valence-electron chi connectivity index (χ4n) is 1.74. The average molecular weight is 297 g/mol. The van der Waals surface area contributed by atoms with E-state index in [4.69, 9.17) is 5.73 Å². The van der Waals surface area contributed by atoms with Crippen LogP contribution in [0.1, 0.15) is 16.7 Å². The van der Waals surface area contributed by atoms with Gasteiger partial charge in [-0.2, -0.15) is 13.2 Å². The zero-order chi connectivity index (χ0) is 14.8. The standard InChI is InChI=1S/C15H14F3NS/c1-10-7-13(5-6-14(10)19)20-9-11-3-2-4-12(8-11)15(16,17)18/h2-8H,9,19H2,1H3. The van der Waals surface area contributed by atoms with Gasteiger partial charge < -0.3 is 5.73 Å². The Morgan fingerprint density at radius 1 is 1.10 bits per heavy atom. The second-order valence-corrected chi connectivity index (χ2v) is 5.55. The highest BCUT2D eigenvalue weighted by Crippen LogP contribution is 2.31. The Balaban J connectivity index is 2.09. The number of hydrogen-bond acceptors (Lipinski definition) is 2. The first-order chi connectivity index (χ1) is 9.36. The molecule has 0 aliphatic rings. The molecule has 0 aliphatic heterocycles. The summed E-state index contributed by atoms with van der Waals surface area (Å²) in [6, 6.07) is 11.0. The van der Waals surface area contributed by atoms with Gasteiger partial charge >= 0.3 is 6.18 Å². The SMILES string of the molecule is Cc1cc(SCc2cccc(C(F)(F)F)c2)ccc1N. The van der Waals surface area contributed by atoms with Crippen LogP contribution in [0.15, 0.2) is 47.4 Å². The predicted molar refractivity (Wildman–Crippen MR) is 76.6 cm³/mol. The lowest BCUT2D eigenvalue weighted by atomic mass is 10.1. The Labute approximate surface area is 120 Å². The number of hydrogen-bond donors (Lipinski definition) is 1. The van der Waals surface area contributed by atoms with Crippen molar-refractivity contribution in [2.45, 2.75) is 23.7 Å². The first kappa shape index (κ1) is 14.8. The number of thioether (sulfide) groups is 1. The van der Waals surface area contributed by atoms with Gasteiger partial charge in [0.1, 0.15) is 0 Å². The van der Waals surface area contributed by atoms with E-state index in [1.54, 1.807) is 6.07 Å². The van der Waals surface area contributed by atoms with Gasteiger partial charge in [-0.1, -0.05) is 18.2 Å². The maximum absolute atomic E-state index is 12.6. The van der Waals surface area contributed by atoms with Crippen molar-refractivity contribution in [2.24, 2.45) is 0 Å². The van der Waals surface area contributed by atoms with E-state index < -0.39 is 11.7 Å². The molecule has 0 aromatic heterocycles. The first-order valence-corrected chi connectivity index (χ1v) is 7.00. The average Bonchev–Trinajstić information content (AvgIpc) is 2.39. The van der Waals surface area contributed by atoms with Crippen molar-refractivity contribution < 1.29 is 13.2 Å². The van der Waals surface area contributed by atoms with E-state index in [2.05, 4.69) is 0 Å². The molecule has 2 aromatic rings. The molecule has 0 atom stereocenters. The molecule has 2 N–H and O–H groups in total. The summed E-state index contributed by atoms with van der Waals surface area (Å²) in [6.07, 6.45) is -4.29. The molecule has 0 spiro atoms. The van der Waals surface area contributed by atoms with Gasteiger partial charge in [0.25, 0.3) is 0 Å². The third-order valence-corrected chi connectivity index (χ3v) is 3.97. The summed E-state index contributed by atoms with van der Waals surface area (Å²) in [5.74, 6) is 0.493. The minimum atomic E-state index is -4.29. The number of nitrogen functional groups attached to an aromatic ring is 1. The lowest BCUT2D eigenvalue weighted by Gasteiger charge is -2.09. The molecule has 0 saturated carbocycles. The molecule has 0 radical (unpaired) electrons. The number of halogens is 3. The van der Waals surface area contributed by atoms with Crippen LogP contribution in [0.5, 0.6) is 0 Å². The molecule has 0 unspecified atom stereocenters. The topological polar surface area (TPSA) is 26.0 Å². The zero-order valence-electron chi connectivity index (χ0n) is 10.9. The quantitative estimate of drug-likeness (QED) is 0.645. The van der Waals surface area contributed by atoms with Crippen LogP contribution < -0.4 is 5.73 Å². The number of nitrogens with two attached hydrogens (primary N) is 1. The van der Waals surface area contributed by atoms with Crippen molar-refractivity contribution in [1.82, 2.24) is 0 Å². The van der Waals surface area contributed by atoms with Crippen LogP contribution in [0.25, 0.3) is 0 Å². The molecule has 2 rings (SSSR count). The van der Waals surface area contributed by atoms with Gasteiger partial charge in [0, 0.05) is 16.3 Å². The third-order valence-electron chi connectivity index (χ3n) is 2.90. The lowest BCUT2D eigenvalue weighted by Crippen LogP contribution is -2.04. The highest BCUT2D eigenvalue weighted by Gasteiger charge is 2.30. The number of aryl methyl sites for hydroxylation is 1. The number of anilines is 1. The van der Waals surface area contributed by atoms with E-state index >= 15 is 0 Å². The van der Waals surface area contributed by atoms with Crippen LogP contribution in [0, 0.1) is 6.92 Å². The Bertz CT molecular complexity index is 608. The Morgan fingerprint density at radius 3 is 2.50 bits per heavy atom. The predicted octanol–water partition coefficient (Wildman–Crippen LogP) is 4.89. The molecule has 0 heterocycles. The van der Waals surface area contributed by atoms with E-state index in [0.717, 1.165) is 16.5 Å². The van der Waals surface area contributed by atoms with E-state index in [9.17, 15) is 13.2 Å². The molecule has 20 heavy (non-hydrogen) atoms. The van der Waals surface area contributed by atoms with Crippen LogP contribution >= 0.6 is 11.8 Å². The second kappa shape index (κ2) is 5.79. The van der Waals surface area contributed by atoms with Gasteiger partial charge in [-0.3, -0.25) is 0 Å². The number of benzene rings is 2. The molecular weight excluding hydrogens is 283 g/mol. The second-order valence-electron chi connectivity index (χ2n) is 4.51. The summed E-state index contributed by atoms with van der Waals surface area (Å²) < 4.78 is 37.8. The minimum absolute atomic E-state index is 0.493. The summed E-state index contributed by atoms with van der Waals surface area (Å²) in [5.41, 5.74) is 7.46. The minimum Gasteiger partial charge on any atom is -0.399 e. The third kappa shape index (κ3) is 3.70. The normalized spacial score (nSPS) is 11.6. The molecule has 5 heteroatoms. The maximum atomic E-state index is 12.6. The van der Waals surface area contributed by atoms with Crippen molar-refractivity contribution in [2.75, 3.05) is 5.73 Å². The summed E-state index contributed by atoms with van der Waals surface area (Å²) >= 11 is 1.49. The summed E-state index contributed by atoms with van der Waals surface area (Å²) in [5, 5.41) is 0. The van der Waals surface area contributed by atoms with Crippen molar-refractivity contribution in [1.29, 1.82) is 0 Å². The highest BCUT2D eigenvalue weighted by atomic mass is 32.2. The monoisotopic (exact) mass is 297 g/mol. The van der Waals surface area contributed by atoms with Gasteiger partial charge in [-0.25, -0.2) is 0 Å².